The van der Waals surface area contributed by atoms with E-state index in [9.17, 15) is 9.59 Å². The van der Waals surface area contributed by atoms with Crippen LogP contribution in [-0.4, -0.2) is 18.2 Å². The number of hydrogen-bond acceptors (Lipinski definition) is 3. The number of carbonyl (C=O) groups is 2. The lowest BCUT2D eigenvalue weighted by molar-refractivity contribution is -0.110. The third kappa shape index (κ3) is 2.85. The van der Waals surface area contributed by atoms with Crippen molar-refractivity contribution < 1.29 is 14.3 Å². The van der Waals surface area contributed by atoms with E-state index in [0.29, 0.717) is 17.7 Å². The topological polar surface area (TPSA) is 43.4 Å². The maximum atomic E-state index is 12.1. The zero-order chi connectivity index (χ0) is 14.7. The minimum Gasteiger partial charge on any atom is -0.493 e. The van der Waals surface area contributed by atoms with E-state index in [-0.39, 0.29) is 0 Å². The van der Waals surface area contributed by atoms with Crippen molar-refractivity contribution in [1.29, 1.82) is 0 Å². The minimum absolute atomic E-state index is 0.367. The molecule has 1 aliphatic rings. The van der Waals surface area contributed by atoms with E-state index >= 15 is 0 Å². The van der Waals surface area contributed by atoms with E-state index in [1.807, 2.05) is 18.2 Å². The Balaban J connectivity index is 1.79. The van der Waals surface area contributed by atoms with Gasteiger partial charge in [0.05, 0.1) is 6.61 Å². The molecule has 0 aromatic heterocycles. The third-order valence-corrected chi connectivity index (χ3v) is 3.25. The van der Waals surface area contributed by atoms with Crippen LogP contribution in [0.5, 0.6) is 5.75 Å². The van der Waals surface area contributed by atoms with Crippen LogP contribution < -0.4 is 4.74 Å². The summed E-state index contributed by atoms with van der Waals surface area (Å²) in [4.78, 5) is 23.9. The minimum atomic E-state index is -0.697. The molecule has 0 aliphatic carbocycles. The number of Topliss-reactive ketones (excluding diaryl/α,β-unsaturated/α-hetero) is 2. The molecule has 2 aromatic rings. The summed E-state index contributed by atoms with van der Waals surface area (Å²) >= 11 is 0. The van der Waals surface area contributed by atoms with Crippen molar-refractivity contribution in [1.82, 2.24) is 0 Å². The summed E-state index contributed by atoms with van der Waals surface area (Å²) in [5.41, 5.74) is 2.04. The monoisotopic (exact) mass is 276 g/mol. The van der Waals surface area contributed by atoms with Gasteiger partial charge in [-0.15, -0.1) is 0 Å². The molecule has 1 aliphatic heterocycles. The van der Waals surface area contributed by atoms with E-state index in [0.717, 1.165) is 17.7 Å². The zero-order valence-electron chi connectivity index (χ0n) is 11.3. The highest BCUT2D eigenvalue weighted by Crippen LogP contribution is 2.26. The second kappa shape index (κ2) is 5.64. The first-order chi connectivity index (χ1) is 10.2. The molecular weight excluding hydrogens is 264 g/mol. The summed E-state index contributed by atoms with van der Waals surface area (Å²) in [6.07, 6.45) is 0.764. The van der Waals surface area contributed by atoms with Crippen LogP contribution in [0.15, 0.2) is 48.5 Å². The quantitative estimate of drug-likeness (QED) is 0.480. The normalized spacial score (nSPS) is 11.8. The summed E-state index contributed by atoms with van der Waals surface area (Å²) in [6, 6.07) is 14.2. The second-order valence-corrected chi connectivity index (χ2v) is 4.70. The Bertz CT molecular complexity index is 764. The SMILES string of the molecule is O=C(C#Cc1ccccc1)C(=O)c1ccc2c(c1)CCO2. The van der Waals surface area contributed by atoms with Gasteiger partial charge in [-0.05, 0) is 41.8 Å². The van der Waals surface area contributed by atoms with Gasteiger partial charge in [0.2, 0.25) is 5.78 Å². The van der Waals surface area contributed by atoms with Crippen molar-refractivity contribution in [3.63, 3.8) is 0 Å². The summed E-state index contributed by atoms with van der Waals surface area (Å²) in [5.74, 6) is 4.61. The van der Waals surface area contributed by atoms with Gasteiger partial charge in [-0.1, -0.05) is 24.1 Å². The van der Waals surface area contributed by atoms with Crippen molar-refractivity contribution in [2.75, 3.05) is 6.61 Å². The Hall–Kier alpha value is -2.86. The van der Waals surface area contributed by atoms with E-state index < -0.39 is 11.6 Å². The van der Waals surface area contributed by atoms with Crippen LogP contribution in [-0.2, 0) is 11.2 Å². The fourth-order valence-corrected chi connectivity index (χ4v) is 2.17. The predicted octanol–water partition coefficient (Wildman–Crippen LogP) is 2.43. The molecule has 1 heterocycles. The van der Waals surface area contributed by atoms with Gasteiger partial charge in [0.15, 0.2) is 0 Å². The molecule has 0 fully saturated rings. The average Bonchev–Trinajstić information content (AvgIpc) is 3.00. The first-order valence-electron chi connectivity index (χ1n) is 6.65. The van der Waals surface area contributed by atoms with Crippen LogP contribution in [0.1, 0.15) is 21.5 Å². The number of rotatable bonds is 2. The van der Waals surface area contributed by atoms with E-state index in [1.165, 1.54) is 0 Å². The molecule has 3 heteroatoms. The summed E-state index contributed by atoms with van der Waals surface area (Å²) in [7, 11) is 0. The van der Waals surface area contributed by atoms with Gasteiger partial charge in [0.1, 0.15) is 5.75 Å². The Morgan fingerprint density at radius 3 is 2.67 bits per heavy atom. The number of benzene rings is 2. The molecule has 0 unspecified atom stereocenters. The van der Waals surface area contributed by atoms with Gasteiger partial charge in [-0.2, -0.15) is 0 Å². The van der Waals surface area contributed by atoms with Crippen LogP contribution in [0.4, 0.5) is 0 Å². The van der Waals surface area contributed by atoms with Crippen LogP contribution in [0.25, 0.3) is 0 Å². The summed E-state index contributed by atoms with van der Waals surface area (Å²) < 4.78 is 5.37. The number of carbonyl (C=O) groups excluding carboxylic acids is 2. The molecule has 0 amide bonds. The van der Waals surface area contributed by atoms with Gasteiger partial charge >= 0.3 is 0 Å². The molecule has 0 atom stereocenters. The maximum absolute atomic E-state index is 12.1. The van der Waals surface area contributed by atoms with Crippen molar-refractivity contribution in [2.24, 2.45) is 0 Å². The Morgan fingerprint density at radius 1 is 1.05 bits per heavy atom. The van der Waals surface area contributed by atoms with Crippen LogP contribution in [0.2, 0.25) is 0 Å². The predicted molar refractivity (Wildman–Crippen MR) is 78.3 cm³/mol. The maximum Gasteiger partial charge on any atom is 0.276 e. The Morgan fingerprint density at radius 2 is 1.86 bits per heavy atom. The van der Waals surface area contributed by atoms with Crippen LogP contribution in [0.3, 0.4) is 0 Å². The van der Waals surface area contributed by atoms with Crippen molar-refractivity contribution >= 4 is 11.6 Å². The Kier molecular flexibility index (Phi) is 3.53. The average molecular weight is 276 g/mol. The third-order valence-electron chi connectivity index (χ3n) is 3.25. The first-order valence-corrected chi connectivity index (χ1v) is 6.65. The van der Waals surface area contributed by atoms with Gasteiger partial charge < -0.3 is 4.74 Å². The molecule has 2 aromatic carbocycles. The lowest BCUT2D eigenvalue weighted by Gasteiger charge is -2.00. The molecule has 3 nitrogen and oxygen atoms in total. The first kappa shape index (κ1) is 13.1. The van der Waals surface area contributed by atoms with Crippen LogP contribution in [0, 0.1) is 11.8 Å². The molecule has 0 radical (unpaired) electrons. The highest BCUT2D eigenvalue weighted by atomic mass is 16.5. The molecule has 102 valence electrons. The van der Waals surface area contributed by atoms with Crippen molar-refractivity contribution in [2.45, 2.75) is 6.42 Å². The number of ether oxygens (including phenoxy) is 1. The van der Waals surface area contributed by atoms with Gasteiger partial charge in [0, 0.05) is 17.5 Å². The molecule has 0 N–H and O–H groups in total. The van der Waals surface area contributed by atoms with Gasteiger partial charge in [-0.25, -0.2) is 0 Å². The standard InChI is InChI=1S/C18H12O3/c19-16(8-6-13-4-2-1-3-5-13)18(20)15-7-9-17-14(12-15)10-11-21-17/h1-5,7,9,12H,10-11H2. The largest absolute Gasteiger partial charge is 0.493 e. The van der Waals surface area contributed by atoms with E-state index in [2.05, 4.69) is 11.8 Å². The number of fused-ring (bicyclic) bond motifs is 1. The zero-order valence-corrected chi connectivity index (χ0v) is 11.3. The Labute approximate surface area is 122 Å². The van der Waals surface area contributed by atoms with Crippen LogP contribution >= 0.6 is 0 Å². The van der Waals surface area contributed by atoms with Crippen molar-refractivity contribution in [3.8, 4) is 17.6 Å². The van der Waals surface area contributed by atoms with Crippen molar-refractivity contribution in [3.05, 3.63) is 65.2 Å². The molecule has 0 bridgehead atoms. The molecule has 0 spiro atoms. The van der Waals surface area contributed by atoms with Gasteiger partial charge in [0.25, 0.3) is 5.78 Å². The van der Waals surface area contributed by atoms with Gasteiger partial charge in [-0.3, -0.25) is 9.59 Å². The summed E-state index contributed by atoms with van der Waals surface area (Å²) in [6.45, 7) is 0.620. The molecule has 3 rings (SSSR count). The smallest absolute Gasteiger partial charge is 0.276 e. The van der Waals surface area contributed by atoms with E-state index in [1.54, 1.807) is 30.3 Å². The second-order valence-electron chi connectivity index (χ2n) is 4.70. The lowest BCUT2D eigenvalue weighted by Crippen LogP contribution is -2.12. The highest BCUT2D eigenvalue weighted by molar-refractivity contribution is 6.49. The highest BCUT2D eigenvalue weighted by Gasteiger charge is 2.18. The fourth-order valence-electron chi connectivity index (χ4n) is 2.17. The number of hydrogen-bond donors (Lipinski definition) is 0. The molecular formula is C18H12O3. The van der Waals surface area contributed by atoms with E-state index in [4.69, 9.17) is 4.74 Å². The lowest BCUT2D eigenvalue weighted by atomic mass is 10.0. The number of ketones is 2. The molecule has 21 heavy (non-hydrogen) atoms. The molecule has 0 saturated carbocycles. The fraction of sp³-hybridized carbons (Fsp3) is 0.111. The summed E-state index contributed by atoms with van der Waals surface area (Å²) in [5, 5.41) is 0. The molecule has 0 saturated heterocycles.